The molecule has 0 aliphatic heterocycles. The zero-order valence-corrected chi connectivity index (χ0v) is 15.5. The molecular weight excluding hydrogens is 394 g/mol. The topological polar surface area (TPSA) is 46.2 Å². The van der Waals surface area contributed by atoms with Gasteiger partial charge >= 0.3 is 6.18 Å². The van der Waals surface area contributed by atoms with Crippen LogP contribution in [0.15, 0.2) is 47.4 Å². The summed E-state index contributed by atoms with van der Waals surface area (Å²) in [6.07, 6.45) is -4.44. The van der Waals surface area contributed by atoms with Crippen LogP contribution in [0.4, 0.5) is 17.6 Å². The van der Waals surface area contributed by atoms with E-state index in [1.165, 1.54) is 31.2 Å². The van der Waals surface area contributed by atoms with Crippen LogP contribution in [0, 0.1) is 17.7 Å². The van der Waals surface area contributed by atoms with Crippen LogP contribution in [0.3, 0.4) is 0 Å². The first-order valence-electron chi connectivity index (χ1n) is 8.03. The molecule has 0 aliphatic rings. The number of amides is 1. The molecular formula is C20H15F4NO2S. The summed E-state index contributed by atoms with van der Waals surface area (Å²) in [5, 5.41) is 2.48. The molecule has 8 heteroatoms. The van der Waals surface area contributed by atoms with E-state index in [0.29, 0.717) is 0 Å². The number of nitrogens with one attached hydrogen (secondary N) is 1. The maximum atomic E-state index is 13.9. The Morgan fingerprint density at radius 2 is 1.89 bits per heavy atom. The molecule has 0 unspecified atom stereocenters. The monoisotopic (exact) mass is 409 g/mol. The Morgan fingerprint density at radius 1 is 1.14 bits per heavy atom. The van der Waals surface area contributed by atoms with Gasteiger partial charge in [0, 0.05) is 16.0 Å². The highest BCUT2D eigenvalue weighted by atomic mass is 32.2. The molecule has 0 spiro atoms. The smallest absolute Gasteiger partial charge is 0.344 e. The summed E-state index contributed by atoms with van der Waals surface area (Å²) in [7, 11) is 0. The third kappa shape index (κ3) is 6.43. The van der Waals surface area contributed by atoms with E-state index in [9.17, 15) is 27.2 Å². The second-order valence-corrected chi connectivity index (χ2v) is 6.66. The fourth-order valence-electron chi connectivity index (χ4n) is 2.09. The zero-order valence-electron chi connectivity index (χ0n) is 14.7. The van der Waals surface area contributed by atoms with Crippen molar-refractivity contribution in [1.29, 1.82) is 0 Å². The molecule has 2 rings (SSSR count). The van der Waals surface area contributed by atoms with Gasteiger partial charge in [0.1, 0.15) is 5.82 Å². The van der Waals surface area contributed by atoms with Gasteiger partial charge in [-0.25, -0.2) is 4.39 Å². The normalized spacial score (nSPS) is 10.8. The molecule has 0 atom stereocenters. The minimum Gasteiger partial charge on any atom is -0.344 e. The predicted octanol–water partition coefficient (Wildman–Crippen LogP) is 4.31. The number of benzene rings is 2. The Bertz CT molecular complexity index is 945. The first kappa shape index (κ1) is 21.5. The van der Waals surface area contributed by atoms with Crippen molar-refractivity contribution in [2.75, 3.05) is 12.3 Å². The van der Waals surface area contributed by atoms with Crippen molar-refractivity contribution in [1.82, 2.24) is 5.32 Å². The average Bonchev–Trinajstić information content (AvgIpc) is 2.63. The lowest BCUT2D eigenvalue weighted by molar-refractivity contribution is -0.137. The summed E-state index contributed by atoms with van der Waals surface area (Å²) in [6.45, 7) is 1.27. The lowest BCUT2D eigenvalue weighted by Crippen LogP contribution is -2.25. The Hall–Kier alpha value is -2.79. The molecule has 0 radical (unpaired) electrons. The summed E-state index contributed by atoms with van der Waals surface area (Å²) in [5.74, 6) is 3.80. The lowest BCUT2D eigenvalue weighted by Gasteiger charge is -2.06. The number of ketones is 1. The van der Waals surface area contributed by atoms with Crippen molar-refractivity contribution in [3.63, 3.8) is 0 Å². The van der Waals surface area contributed by atoms with Crippen LogP contribution in [0.2, 0.25) is 0 Å². The van der Waals surface area contributed by atoms with Gasteiger partial charge in [0.05, 0.1) is 17.9 Å². The van der Waals surface area contributed by atoms with Crippen LogP contribution < -0.4 is 5.32 Å². The molecule has 1 amide bonds. The van der Waals surface area contributed by atoms with Gasteiger partial charge < -0.3 is 5.32 Å². The van der Waals surface area contributed by atoms with E-state index >= 15 is 0 Å². The van der Waals surface area contributed by atoms with Crippen LogP contribution in [-0.2, 0) is 11.0 Å². The number of hydrogen-bond acceptors (Lipinski definition) is 3. The van der Waals surface area contributed by atoms with Crippen molar-refractivity contribution in [2.24, 2.45) is 0 Å². The zero-order chi connectivity index (χ0) is 20.7. The molecule has 0 saturated heterocycles. The SMILES string of the molecule is CC(=O)c1ccc(SCC(=O)NCC#Cc2cccc(C(F)(F)F)c2)c(F)c1. The summed E-state index contributed by atoms with van der Waals surface area (Å²) < 4.78 is 51.7. The van der Waals surface area contributed by atoms with Gasteiger partial charge in [-0.3, -0.25) is 9.59 Å². The number of Topliss-reactive ketones (excluding diaryl/α,β-unsaturated/α-hetero) is 1. The van der Waals surface area contributed by atoms with E-state index in [0.717, 1.165) is 30.0 Å². The number of carbonyl (C=O) groups is 2. The molecule has 3 nitrogen and oxygen atoms in total. The van der Waals surface area contributed by atoms with Crippen LogP contribution in [0.5, 0.6) is 0 Å². The summed E-state index contributed by atoms with van der Waals surface area (Å²) in [4.78, 5) is 23.2. The maximum absolute atomic E-state index is 13.9. The standard InChI is InChI=1S/C20H15F4NO2S/c1-13(26)15-7-8-18(17(21)11-15)28-12-19(27)25-9-3-5-14-4-2-6-16(10-14)20(22,23)24/h2,4,6-8,10-11H,9,12H2,1H3,(H,25,27). The van der Waals surface area contributed by atoms with Crippen molar-refractivity contribution in [3.8, 4) is 11.8 Å². The quantitative estimate of drug-likeness (QED) is 0.347. The van der Waals surface area contributed by atoms with E-state index in [4.69, 9.17) is 0 Å². The van der Waals surface area contributed by atoms with Gasteiger partial charge in [-0.05, 0) is 37.3 Å². The van der Waals surface area contributed by atoms with Gasteiger partial charge in [0.15, 0.2) is 5.78 Å². The molecule has 0 bridgehead atoms. The fraction of sp³-hybridized carbons (Fsp3) is 0.200. The minimum absolute atomic E-state index is 0.0542. The molecule has 0 heterocycles. The van der Waals surface area contributed by atoms with Crippen LogP contribution >= 0.6 is 11.8 Å². The highest BCUT2D eigenvalue weighted by Crippen LogP contribution is 2.29. The second-order valence-electron chi connectivity index (χ2n) is 5.65. The Labute approximate surface area is 163 Å². The summed E-state index contributed by atoms with van der Waals surface area (Å²) in [6, 6.07) is 8.60. The van der Waals surface area contributed by atoms with Crippen molar-refractivity contribution < 1.29 is 27.2 Å². The molecule has 0 aromatic heterocycles. The number of rotatable bonds is 5. The van der Waals surface area contributed by atoms with Gasteiger partial charge in [-0.15, -0.1) is 11.8 Å². The molecule has 1 N–H and O–H groups in total. The first-order chi connectivity index (χ1) is 13.2. The second kappa shape index (κ2) is 9.42. The fourth-order valence-corrected chi connectivity index (χ4v) is 2.84. The molecule has 2 aromatic rings. The Balaban J connectivity index is 1.84. The Morgan fingerprint density at radius 3 is 2.54 bits per heavy atom. The van der Waals surface area contributed by atoms with Crippen molar-refractivity contribution >= 4 is 23.5 Å². The number of alkyl halides is 3. The first-order valence-corrected chi connectivity index (χ1v) is 9.01. The molecule has 146 valence electrons. The van der Waals surface area contributed by atoms with E-state index in [-0.39, 0.29) is 34.1 Å². The van der Waals surface area contributed by atoms with Crippen molar-refractivity contribution in [3.05, 3.63) is 65.0 Å². The largest absolute Gasteiger partial charge is 0.416 e. The summed E-state index contributed by atoms with van der Waals surface area (Å²) in [5.41, 5.74) is -0.361. The lowest BCUT2D eigenvalue weighted by atomic mass is 10.1. The van der Waals surface area contributed by atoms with Gasteiger partial charge in [0.25, 0.3) is 0 Å². The predicted molar refractivity (Wildman–Crippen MR) is 98.5 cm³/mol. The number of hydrogen-bond donors (Lipinski definition) is 1. The van der Waals surface area contributed by atoms with Crippen LogP contribution in [0.25, 0.3) is 0 Å². The number of halogens is 4. The molecule has 0 saturated carbocycles. The molecule has 2 aromatic carbocycles. The van der Waals surface area contributed by atoms with Crippen LogP contribution in [-0.4, -0.2) is 24.0 Å². The van der Waals surface area contributed by atoms with E-state index in [1.54, 1.807) is 0 Å². The highest BCUT2D eigenvalue weighted by Gasteiger charge is 2.30. The number of carbonyl (C=O) groups excluding carboxylic acids is 2. The average molecular weight is 409 g/mol. The van der Waals surface area contributed by atoms with Gasteiger partial charge in [-0.2, -0.15) is 13.2 Å². The third-order valence-corrected chi connectivity index (χ3v) is 4.54. The highest BCUT2D eigenvalue weighted by molar-refractivity contribution is 8.00. The third-order valence-electron chi connectivity index (χ3n) is 3.49. The maximum Gasteiger partial charge on any atom is 0.416 e. The molecule has 0 fully saturated rings. The summed E-state index contributed by atoms with van der Waals surface area (Å²) >= 11 is 0.963. The Kier molecular flexibility index (Phi) is 7.24. The van der Waals surface area contributed by atoms with E-state index < -0.39 is 23.5 Å². The van der Waals surface area contributed by atoms with E-state index in [2.05, 4.69) is 17.2 Å². The van der Waals surface area contributed by atoms with Crippen molar-refractivity contribution in [2.45, 2.75) is 18.0 Å². The molecule has 28 heavy (non-hydrogen) atoms. The molecule has 0 aliphatic carbocycles. The van der Waals surface area contributed by atoms with E-state index in [1.807, 2.05) is 0 Å². The number of thioether (sulfide) groups is 1. The van der Waals surface area contributed by atoms with Gasteiger partial charge in [0.2, 0.25) is 5.91 Å². The van der Waals surface area contributed by atoms with Crippen LogP contribution in [0.1, 0.15) is 28.4 Å². The minimum atomic E-state index is -4.44. The van der Waals surface area contributed by atoms with Gasteiger partial charge in [-0.1, -0.05) is 24.0 Å².